The summed E-state index contributed by atoms with van der Waals surface area (Å²) < 4.78 is 14.7. The molecule has 5 nitrogen and oxygen atoms in total. The van der Waals surface area contributed by atoms with E-state index in [9.17, 15) is 9.18 Å². The standard InChI is InChI=1S/C10H7ClFN3O2/c1-5-9(10(16)17)13-14-15(5)8-4-6(11)2-3-7(8)12/h2-4H,1H3,(H,16,17). The first kappa shape index (κ1) is 11.5. The van der Waals surface area contributed by atoms with E-state index in [0.29, 0.717) is 5.02 Å². The fourth-order valence-corrected chi connectivity index (χ4v) is 1.57. The molecule has 1 N–H and O–H groups in total. The van der Waals surface area contributed by atoms with E-state index in [1.165, 1.54) is 25.1 Å². The average molecular weight is 256 g/mol. The summed E-state index contributed by atoms with van der Waals surface area (Å²) in [4.78, 5) is 10.8. The first-order valence-electron chi connectivity index (χ1n) is 4.61. The predicted molar refractivity (Wildman–Crippen MR) is 58.0 cm³/mol. The van der Waals surface area contributed by atoms with Gasteiger partial charge in [0, 0.05) is 5.02 Å². The Hall–Kier alpha value is -1.95. The first-order valence-corrected chi connectivity index (χ1v) is 4.99. The molecule has 7 heteroatoms. The SMILES string of the molecule is Cc1c(C(=O)O)nnn1-c1cc(Cl)ccc1F. The van der Waals surface area contributed by atoms with Gasteiger partial charge in [-0.1, -0.05) is 16.8 Å². The zero-order valence-corrected chi connectivity index (χ0v) is 9.44. The second-order valence-corrected chi connectivity index (χ2v) is 3.77. The van der Waals surface area contributed by atoms with E-state index in [1.807, 2.05) is 0 Å². The summed E-state index contributed by atoms with van der Waals surface area (Å²) in [6.45, 7) is 1.49. The van der Waals surface area contributed by atoms with Crippen LogP contribution in [0, 0.1) is 12.7 Å². The molecule has 1 heterocycles. The highest BCUT2D eigenvalue weighted by atomic mass is 35.5. The van der Waals surface area contributed by atoms with Crippen molar-refractivity contribution in [3.05, 3.63) is 40.4 Å². The summed E-state index contributed by atoms with van der Waals surface area (Å²) in [7, 11) is 0. The Morgan fingerprint density at radius 2 is 2.24 bits per heavy atom. The Morgan fingerprint density at radius 1 is 1.53 bits per heavy atom. The molecule has 0 atom stereocenters. The Labute approximate surface area is 100 Å². The number of halogens is 2. The monoisotopic (exact) mass is 255 g/mol. The molecule has 0 radical (unpaired) electrons. The molecule has 0 bridgehead atoms. The van der Waals surface area contributed by atoms with Gasteiger partial charge in [0.1, 0.15) is 11.5 Å². The van der Waals surface area contributed by atoms with Crippen LogP contribution in [0.25, 0.3) is 5.69 Å². The summed E-state index contributed by atoms with van der Waals surface area (Å²) in [6, 6.07) is 3.92. The summed E-state index contributed by atoms with van der Waals surface area (Å²) in [5.41, 5.74) is 0.0815. The zero-order valence-electron chi connectivity index (χ0n) is 8.69. The Bertz CT molecular complexity index is 597. The highest BCUT2D eigenvalue weighted by Crippen LogP contribution is 2.20. The van der Waals surface area contributed by atoms with Crippen molar-refractivity contribution in [2.75, 3.05) is 0 Å². The molecule has 0 amide bonds. The van der Waals surface area contributed by atoms with Crippen LogP contribution in [-0.2, 0) is 0 Å². The van der Waals surface area contributed by atoms with Crippen molar-refractivity contribution >= 4 is 17.6 Å². The fraction of sp³-hybridized carbons (Fsp3) is 0.100. The summed E-state index contributed by atoms with van der Waals surface area (Å²) >= 11 is 5.74. The average Bonchev–Trinajstić information content (AvgIpc) is 2.64. The lowest BCUT2D eigenvalue weighted by atomic mass is 10.3. The summed E-state index contributed by atoms with van der Waals surface area (Å²) in [5, 5.41) is 16.2. The van der Waals surface area contributed by atoms with Gasteiger partial charge < -0.3 is 5.11 Å². The normalized spacial score (nSPS) is 10.5. The second kappa shape index (κ2) is 4.14. The number of hydrogen-bond donors (Lipinski definition) is 1. The Morgan fingerprint density at radius 3 is 2.82 bits per heavy atom. The molecule has 2 rings (SSSR count). The first-order chi connectivity index (χ1) is 8.00. The number of aromatic nitrogens is 3. The van der Waals surface area contributed by atoms with Crippen LogP contribution >= 0.6 is 11.6 Å². The topological polar surface area (TPSA) is 68.0 Å². The molecule has 0 aliphatic carbocycles. The Balaban J connectivity index is 2.61. The van der Waals surface area contributed by atoms with E-state index < -0.39 is 11.8 Å². The molecule has 0 aliphatic rings. The van der Waals surface area contributed by atoms with E-state index in [-0.39, 0.29) is 17.1 Å². The van der Waals surface area contributed by atoms with Crippen LogP contribution < -0.4 is 0 Å². The molecule has 0 saturated heterocycles. The number of benzene rings is 1. The number of hydrogen-bond acceptors (Lipinski definition) is 3. The van der Waals surface area contributed by atoms with Gasteiger partial charge in [-0.05, 0) is 25.1 Å². The van der Waals surface area contributed by atoms with Gasteiger partial charge >= 0.3 is 5.97 Å². The van der Waals surface area contributed by atoms with Crippen molar-refractivity contribution in [1.82, 2.24) is 15.0 Å². The molecule has 0 saturated carbocycles. The van der Waals surface area contributed by atoms with Crippen molar-refractivity contribution in [2.45, 2.75) is 6.92 Å². The van der Waals surface area contributed by atoms with E-state index >= 15 is 0 Å². The van der Waals surface area contributed by atoms with Crippen LogP contribution in [0.1, 0.15) is 16.2 Å². The largest absolute Gasteiger partial charge is 0.476 e. The van der Waals surface area contributed by atoms with Gasteiger partial charge in [0.15, 0.2) is 5.69 Å². The van der Waals surface area contributed by atoms with Gasteiger partial charge in [-0.2, -0.15) is 0 Å². The van der Waals surface area contributed by atoms with E-state index in [1.54, 1.807) is 0 Å². The van der Waals surface area contributed by atoms with Crippen molar-refractivity contribution in [2.24, 2.45) is 0 Å². The number of carbonyl (C=O) groups is 1. The minimum absolute atomic E-state index is 0.0648. The van der Waals surface area contributed by atoms with Gasteiger partial charge in [-0.25, -0.2) is 13.9 Å². The van der Waals surface area contributed by atoms with Gasteiger partial charge in [0.05, 0.1) is 5.69 Å². The molecule has 1 aromatic carbocycles. The molecule has 17 heavy (non-hydrogen) atoms. The third-order valence-corrected chi connectivity index (χ3v) is 2.47. The van der Waals surface area contributed by atoms with Gasteiger partial charge in [-0.3, -0.25) is 0 Å². The van der Waals surface area contributed by atoms with Gasteiger partial charge in [0.25, 0.3) is 0 Å². The van der Waals surface area contributed by atoms with Crippen molar-refractivity contribution in [3.8, 4) is 5.69 Å². The molecule has 0 aliphatic heterocycles. The fourth-order valence-electron chi connectivity index (χ4n) is 1.40. The van der Waals surface area contributed by atoms with Crippen LogP contribution in [0.2, 0.25) is 5.02 Å². The summed E-state index contributed by atoms with van der Waals surface area (Å²) in [5.74, 6) is -1.77. The number of aromatic carboxylic acids is 1. The smallest absolute Gasteiger partial charge is 0.358 e. The summed E-state index contributed by atoms with van der Waals surface area (Å²) in [6.07, 6.45) is 0. The molecule has 1 aromatic heterocycles. The zero-order chi connectivity index (χ0) is 12.6. The lowest BCUT2D eigenvalue weighted by molar-refractivity contribution is 0.0689. The minimum atomic E-state index is -1.21. The van der Waals surface area contributed by atoms with Gasteiger partial charge in [0.2, 0.25) is 0 Å². The van der Waals surface area contributed by atoms with Crippen LogP contribution in [0.15, 0.2) is 18.2 Å². The molecular formula is C10H7ClFN3O2. The van der Waals surface area contributed by atoms with Gasteiger partial charge in [-0.15, -0.1) is 5.10 Å². The second-order valence-electron chi connectivity index (χ2n) is 3.34. The molecule has 0 unspecified atom stereocenters. The van der Waals surface area contributed by atoms with Crippen LogP contribution in [-0.4, -0.2) is 26.1 Å². The minimum Gasteiger partial charge on any atom is -0.476 e. The van der Waals surface area contributed by atoms with Crippen LogP contribution in [0.3, 0.4) is 0 Å². The van der Waals surface area contributed by atoms with Crippen molar-refractivity contribution < 1.29 is 14.3 Å². The lowest BCUT2D eigenvalue weighted by Gasteiger charge is -2.04. The highest BCUT2D eigenvalue weighted by Gasteiger charge is 2.18. The quantitative estimate of drug-likeness (QED) is 0.892. The lowest BCUT2D eigenvalue weighted by Crippen LogP contribution is -2.04. The maximum atomic E-state index is 13.6. The third kappa shape index (κ3) is 1.99. The molecular weight excluding hydrogens is 249 g/mol. The van der Waals surface area contributed by atoms with E-state index in [4.69, 9.17) is 16.7 Å². The van der Waals surface area contributed by atoms with Crippen molar-refractivity contribution in [1.29, 1.82) is 0 Å². The predicted octanol–water partition coefficient (Wildman–Crippen LogP) is 2.07. The Kier molecular flexibility index (Phi) is 2.81. The molecule has 2 aromatic rings. The number of carboxylic acids is 1. The van der Waals surface area contributed by atoms with E-state index in [2.05, 4.69) is 10.3 Å². The van der Waals surface area contributed by atoms with E-state index in [0.717, 1.165) is 4.68 Å². The maximum Gasteiger partial charge on any atom is 0.358 e. The highest BCUT2D eigenvalue weighted by molar-refractivity contribution is 6.30. The molecule has 0 spiro atoms. The third-order valence-electron chi connectivity index (χ3n) is 2.23. The molecule has 88 valence electrons. The van der Waals surface area contributed by atoms with Crippen LogP contribution in [0.5, 0.6) is 0 Å². The maximum absolute atomic E-state index is 13.6. The number of carboxylic acid groups (broad SMARTS) is 1. The number of rotatable bonds is 2. The van der Waals surface area contributed by atoms with Crippen LogP contribution in [0.4, 0.5) is 4.39 Å². The number of nitrogens with zero attached hydrogens (tertiary/aromatic N) is 3. The molecule has 0 fully saturated rings. The van der Waals surface area contributed by atoms with Crippen molar-refractivity contribution in [3.63, 3.8) is 0 Å².